The normalized spacial score (nSPS) is 29.0. The van der Waals surface area contributed by atoms with Gasteiger partial charge in [0.1, 0.15) is 5.82 Å². The Morgan fingerprint density at radius 2 is 1.84 bits per heavy atom. The molecule has 0 saturated carbocycles. The van der Waals surface area contributed by atoms with Crippen LogP contribution >= 0.6 is 0 Å². The summed E-state index contributed by atoms with van der Waals surface area (Å²) in [6.45, 7) is 6.75. The molecule has 0 aliphatic carbocycles. The molecule has 25 heavy (non-hydrogen) atoms. The summed E-state index contributed by atoms with van der Waals surface area (Å²) in [5.41, 5.74) is 0.836. The van der Waals surface area contributed by atoms with Crippen LogP contribution in [0.1, 0.15) is 44.1 Å². The molecule has 1 aromatic carbocycles. The zero-order valence-electron chi connectivity index (χ0n) is 15.3. The smallest absolute Gasteiger partial charge is 0.127 e. The number of hydrogen-bond acceptors (Lipinski definition) is 3. The van der Waals surface area contributed by atoms with Gasteiger partial charge >= 0.3 is 0 Å². The number of halogens is 1. The van der Waals surface area contributed by atoms with Crippen LogP contribution in [0.2, 0.25) is 0 Å². The molecule has 3 aliphatic rings. The van der Waals surface area contributed by atoms with Crippen molar-refractivity contribution in [3.63, 3.8) is 0 Å². The van der Waals surface area contributed by atoms with Crippen LogP contribution in [0.4, 0.5) is 4.39 Å². The van der Waals surface area contributed by atoms with Gasteiger partial charge in [0.2, 0.25) is 0 Å². The topological polar surface area (TPSA) is 18.5 Å². The minimum atomic E-state index is -0.0652. The molecule has 0 unspecified atom stereocenters. The van der Waals surface area contributed by atoms with Gasteiger partial charge in [-0.2, -0.15) is 0 Å². The van der Waals surface area contributed by atoms with Crippen LogP contribution in [-0.4, -0.2) is 54.6 Å². The van der Waals surface area contributed by atoms with Crippen molar-refractivity contribution in [1.29, 1.82) is 0 Å². The van der Waals surface area contributed by atoms with Crippen LogP contribution in [-0.2, 0) is 6.54 Å². The molecule has 3 aliphatic heterocycles. The number of rotatable bonds is 5. The number of nitrogens with one attached hydrogen (secondary N) is 1. The Kier molecular flexibility index (Phi) is 5.69. The predicted molar refractivity (Wildman–Crippen MR) is 100 cm³/mol. The summed E-state index contributed by atoms with van der Waals surface area (Å²) in [4.78, 5) is 5.10. The summed E-state index contributed by atoms with van der Waals surface area (Å²) < 4.78 is 13.8. The Hall–Kier alpha value is -0.970. The minimum Gasteiger partial charge on any atom is -0.314 e. The summed E-state index contributed by atoms with van der Waals surface area (Å²) >= 11 is 0. The van der Waals surface area contributed by atoms with Crippen molar-refractivity contribution >= 4 is 0 Å². The first-order valence-corrected chi connectivity index (χ1v) is 10.2. The fourth-order valence-corrected chi connectivity index (χ4v) is 4.96. The fourth-order valence-electron chi connectivity index (χ4n) is 4.96. The molecule has 138 valence electrons. The van der Waals surface area contributed by atoms with Gasteiger partial charge in [-0.15, -0.1) is 0 Å². The molecular weight excluding hydrogens is 313 g/mol. The average Bonchev–Trinajstić information content (AvgIpc) is 3.11. The molecule has 0 radical (unpaired) electrons. The standard InChI is InChI=1S/C21H32FN3/c22-21-6-2-1-4-18(21)16-24-11-7-17(8-12-24)15-23-19-9-13-25-10-3-5-20(25)14-19/h1-2,4,6,17,19-20,23H,3,5,7-16H2/t19-,20-/m0/s1. The van der Waals surface area contributed by atoms with E-state index >= 15 is 0 Å². The van der Waals surface area contributed by atoms with E-state index in [-0.39, 0.29) is 5.82 Å². The number of nitrogens with zero attached hydrogens (tertiary/aromatic N) is 2. The Labute approximate surface area is 151 Å². The van der Waals surface area contributed by atoms with Crippen LogP contribution in [0.25, 0.3) is 0 Å². The molecule has 0 spiro atoms. The van der Waals surface area contributed by atoms with Crippen molar-refractivity contribution < 1.29 is 4.39 Å². The highest BCUT2D eigenvalue weighted by molar-refractivity contribution is 5.17. The van der Waals surface area contributed by atoms with Gasteiger partial charge in [-0.3, -0.25) is 4.90 Å². The third-order valence-corrected chi connectivity index (χ3v) is 6.57. The maximum atomic E-state index is 13.8. The van der Waals surface area contributed by atoms with Crippen LogP contribution in [0, 0.1) is 11.7 Å². The van der Waals surface area contributed by atoms with E-state index in [9.17, 15) is 4.39 Å². The van der Waals surface area contributed by atoms with Gasteiger partial charge in [0.15, 0.2) is 0 Å². The summed E-state index contributed by atoms with van der Waals surface area (Å²) in [7, 11) is 0. The van der Waals surface area contributed by atoms with Crippen molar-refractivity contribution in [2.45, 2.75) is 57.2 Å². The Balaban J connectivity index is 1.17. The average molecular weight is 346 g/mol. The van der Waals surface area contributed by atoms with Gasteiger partial charge in [-0.25, -0.2) is 4.39 Å². The summed E-state index contributed by atoms with van der Waals surface area (Å²) in [5.74, 6) is 0.725. The van der Waals surface area contributed by atoms with Crippen molar-refractivity contribution in [1.82, 2.24) is 15.1 Å². The SMILES string of the molecule is Fc1ccccc1CN1CCC(CN[C@H]2CCN3CCC[C@H]3C2)CC1. The molecule has 3 heterocycles. The molecule has 0 amide bonds. The number of hydrogen-bond donors (Lipinski definition) is 1. The monoisotopic (exact) mass is 345 g/mol. The second kappa shape index (κ2) is 8.15. The molecule has 0 aromatic heterocycles. The maximum Gasteiger partial charge on any atom is 0.127 e. The second-order valence-electron chi connectivity index (χ2n) is 8.27. The van der Waals surface area contributed by atoms with Crippen molar-refractivity contribution in [3.05, 3.63) is 35.6 Å². The molecule has 1 aromatic rings. The molecule has 3 fully saturated rings. The van der Waals surface area contributed by atoms with Crippen molar-refractivity contribution in [2.24, 2.45) is 5.92 Å². The molecule has 4 heteroatoms. The number of fused-ring (bicyclic) bond motifs is 1. The third kappa shape index (κ3) is 4.42. The summed E-state index contributed by atoms with van der Waals surface area (Å²) in [5, 5.41) is 3.87. The van der Waals surface area contributed by atoms with Gasteiger partial charge in [0, 0.05) is 24.2 Å². The Morgan fingerprint density at radius 3 is 2.68 bits per heavy atom. The first-order valence-electron chi connectivity index (χ1n) is 10.2. The highest BCUT2D eigenvalue weighted by Crippen LogP contribution is 2.27. The minimum absolute atomic E-state index is 0.0652. The Morgan fingerprint density at radius 1 is 1.00 bits per heavy atom. The lowest BCUT2D eigenvalue weighted by molar-refractivity contribution is 0.148. The zero-order valence-corrected chi connectivity index (χ0v) is 15.3. The van der Waals surface area contributed by atoms with Gasteiger partial charge in [0.25, 0.3) is 0 Å². The van der Waals surface area contributed by atoms with E-state index < -0.39 is 0 Å². The lowest BCUT2D eigenvalue weighted by Gasteiger charge is -2.37. The van der Waals surface area contributed by atoms with Crippen molar-refractivity contribution in [2.75, 3.05) is 32.7 Å². The first-order chi connectivity index (χ1) is 12.3. The van der Waals surface area contributed by atoms with Crippen molar-refractivity contribution in [3.8, 4) is 0 Å². The van der Waals surface area contributed by atoms with E-state index in [2.05, 4.69) is 15.1 Å². The first kappa shape index (κ1) is 17.4. The largest absolute Gasteiger partial charge is 0.314 e. The van der Waals surface area contributed by atoms with Crippen LogP contribution in [0.15, 0.2) is 24.3 Å². The van der Waals surface area contributed by atoms with E-state index in [0.29, 0.717) is 0 Å². The molecule has 2 atom stereocenters. The summed E-state index contributed by atoms with van der Waals surface area (Å²) in [6, 6.07) is 8.78. The number of benzene rings is 1. The highest BCUT2D eigenvalue weighted by atomic mass is 19.1. The zero-order chi connectivity index (χ0) is 17.1. The number of piperidine rings is 2. The molecule has 3 saturated heterocycles. The summed E-state index contributed by atoms with van der Waals surface area (Å²) in [6.07, 6.45) is 7.96. The Bertz CT molecular complexity index is 556. The molecule has 4 rings (SSSR count). The number of likely N-dealkylation sites (tertiary alicyclic amines) is 1. The highest BCUT2D eigenvalue weighted by Gasteiger charge is 2.31. The van der Waals surface area contributed by atoms with Gasteiger partial charge in [-0.05, 0) is 83.2 Å². The second-order valence-corrected chi connectivity index (χ2v) is 8.27. The quantitative estimate of drug-likeness (QED) is 0.884. The van der Waals surface area contributed by atoms with Crippen LogP contribution in [0.3, 0.4) is 0 Å². The lowest BCUT2D eigenvalue weighted by Crippen LogP contribution is -2.47. The van der Waals surface area contributed by atoms with Crippen LogP contribution < -0.4 is 5.32 Å². The maximum absolute atomic E-state index is 13.8. The van der Waals surface area contributed by atoms with Gasteiger partial charge in [-0.1, -0.05) is 18.2 Å². The molecule has 0 bridgehead atoms. The molecule has 3 nitrogen and oxygen atoms in total. The van der Waals surface area contributed by atoms with Gasteiger partial charge < -0.3 is 10.2 Å². The van der Waals surface area contributed by atoms with E-state index in [1.807, 2.05) is 12.1 Å². The molecule has 1 N–H and O–H groups in total. The van der Waals surface area contributed by atoms with E-state index in [4.69, 9.17) is 0 Å². The van der Waals surface area contributed by atoms with Crippen LogP contribution in [0.5, 0.6) is 0 Å². The van der Waals surface area contributed by atoms with Gasteiger partial charge in [0.05, 0.1) is 0 Å². The lowest BCUT2D eigenvalue weighted by atomic mass is 9.93. The van der Waals surface area contributed by atoms with E-state index in [1.54, 1.807) is 12.1 Å². The third-order valence-electron chi connectivity index (χ3n) is 6.57. The molecular formula is C21H32FN3. The predicted octanol–water partition coefficient (Wildman–Crippen LogP) is 3.25. The fraction of sp³-hybridized carbons (Fsp3) is 0.714. The van der Waals surface area contributed by atoms with E-state index in [0.717, 1.165) is 43.2 Å². The van der Waals surface area contributed by atoms with E-state index in [1.165, 1.54) is 58.2 Å².